The molecule has 0 heterocycles. The number of benzene rings is 1. The molecule has 21 heavy (non-hydrogen) atoms. The summed E-state index contributed by atoms with van der Waals surface area (Å²) in [6.45, 7) is 4.59. The van der Waals surface area contributed by atoms with Gasteiger partial charge in [-0.25, -0.2) is 0 Å². The molecule has 0 aliphatic carbocycles. The van der Waals surface area contributed by atoms with Crippen LogP contribution in [0.15, 0.2) is 18.2 Å². The maximum atomic E-state index is 11.7. The SMILES string of the molecule is Cc1ccc(C)c(OCCCCC(=O)N(C)CC(N)=O)c1. The lowest BCUT2D eigenvalue weighted by Gasteiger charge is -2.15. The van der Waals surface area contributed by atoms with Crippen molar-refractivity contribution in [3.05, 3.63) is 29.3 Å². The van der Waals surface area contributed by atoms with Crippen LogP contribution in [0.25, 0.3) is 0 Å². The molecule has 0 saturated carbocycles. The molecule has 0 radical (unpaired) electrons. The fourth-order valence-corrected chi connectivity index (χ4v) is 1.94. The van der Waals surface area contributed by atoms with E-state index < -0.39 is 5.91 Å². The van der Waals surface area contributed by atoms with Crippen LogP contribution in [0.2, 0.25) is 0 Å². The molecule has 116 valence electrons. The van der Waals surface area contributed by atoms with Crippen molar-refractivity contribution in [3.8, 4) is 5.75 Å². The van der Waals surface area contributed by atoms with Gasteiger partial charge in [0.25, 0.3) is 0 Å². The number of nitrogens with two attached hydrogens (primary N) is 1. The second-order valence-corrected chi connectivity index (χ2v) is 5.29. The molecule has 0 fully saturated rings. The topological polar surface area (TPSA) is 72.6 Å². The zero-order chi connectivity index (χ0) is 15.8. The first kappa shape index (κ1) is 17.0. The molecule has 2 N–H and O–H groups in total. The Morgan fingerprint density at radius 1 is 1.24 bits per heavy atom. The molecular formula is C16H24N2O3. The first-order valence-corrected chi connectivity index (χ1v) is 7.12. The van der Waals surface area contributed by atoms with Crippen LogP contribution in [0, 0.1) is 13.8 Å². The van der Waals surface area contributed by atoms with Crippen molar-refractivity contribution in [2.75, 3.05) is 20.2 Å². The Morgan fingerprint density at radius 3 is 2.62 bits per heavy atom. The van der Waals surface area contributed by atoms with Crippen LogP contribution < -0.4 is 10.5 Å². The highest BCUT2D eigenvalue weighted by Crippen LogP contribution is 2.19. The molecule has 5 heteroatoms. The lowest BCUT2D eigenvalue weighted by atomic mass is 10.1. The van der Waals surface area contributed by atoms with Gasteiger partial charge in [0.15, 0.2) is 0 Å². The highest BCUT2D eigenvalue weighted by molar-refractivity contribution is 5.83. The zero-order valence-electron chi connectivity index (χ0n) is 13.0. The average molecular weight is 292 g/mol. The van der Waals surface area contributed by atoms with Crippen LogP contribution in [0.3, 0.4) is 0 Å². The largest absolute Gasteiger partial charge is 0.493 e. The van der Waals surface area contributed by atoms with E-state index in [0.29, 0.717) is 13.0 Å². The van der Waals surface area contributed by atoms with Crippen LogP contribution in [-0.4, -0.2) is 36.9 Å². The fourth-order valence-electron chi connectivity index (χ4n) is 1.94. The predicted octanol–water partition coefficient (Wildman–Crippen LogP) is 1.80. The van der Waals surface area contributed by atoms with Crippen molar-refractivity contribution in [2.24, 2.45) is 5.73 Å². The second kappa shape index (κ2) is 8.29. The van der Waals surface area contributed by atoms with Gasteiger partial charge < -0.3 is 15.4 Å². The Bertz CT molecular complexity index is 500. The smallest absolute Gasteiger partial charge is 0.237 e. The second-order valence-electron chi connectivity index (χ2n) is 5.29. The van der Waals surface area contributed by atoms with Crippen molar-refractivity contribution in [1.82, 2.24) is 4.90 Å². The van der Waals surface area contributed by atoms with Crippen molar-refractivity contribution in [2.45, 2.75) is 33.1 Å². The van der Waals surface area contributed by atoms with Crippen LogP contribution in [-0.2, 0) is 9.59 Å². The van der Waals surface area contributed by atoms with E-state index in [9.17, 15) is 9.59 Å². The summed E-state index contributed by atoms with van der Waals surface area (Å²) in [6, 6.07) is 6.10. The summed E-state index contributed by atoms with van der Waals surface area (Å²) < 4.78 is 5.73. The molecule has 0 aromatic heterocycles. The number of aryl methyl sites for hydroxylation is 2. The third-order valence-corrected chi connectivity index (χ3v) is 3.20. The number of unbranched alkanes of at least 4 members (excludes halogenated alkanes) is 1. The molecular weight excluding hydrogens is 268 g/mol. The molecule has 0 atom stereocenters. The number of ether oxygens (including phenoxy) is 1. The molecule has 0 spiro atoms. The quantitative estimate of drug-likeness (QED) is 0.742. The van der Waals surface area contributed by atoms with Gasteiger partial charge in [0.2, 0.25) is 11.8 Å². The van der Waals surface area contributed by atoms with Gasteiger partial charge in [-0.15, -0.1) is 0 Å². The van der Waals surface area contributed by atoms with Gasteiger partial charge in [-0.3, -0.25) is 9.59 Å². The summed E-state index contributed by atoms with van der Waals surface area (Å²) in [5.41, 5.74) is 7.32. The van der Waals surface area contributed by atoms with E-state index in [0.717, 1.165) is 24.2 Å². The van der Waals surface area contributed by atoms with Crippen LogP contribution in [0.4, 0.5) is 0 Å². The van der Waals surface area contributed by atoms with Gasteiger partial charge in [0.1, 0.15) is 5.75 Å². The monoisotopic (exact) mass is 292 g/mol. The Kier molecular flexibility index (Phi) is 6.72. The Balaban J connectivity index is 2.24. The first-order chi connectivity index (χ1) is 9.90. The average Bonchev–Trinajstić information content (AvgIpc) is 2.41. The molecule has 0 saturated heterocycles. The molecule has 2 amide bonds. The summed E-state index contributed by atoms with van der Waals surface area (Å²) in [5, 5.41) is 0. The molecule has 0 aliphatic rings. The normalized spacial score (nSPS) is 10.2. The van der Waals surface area contributed by atoms with Gasteiger partial charge in [-0.05, 0) is 43.9 Å². The number of hydrogen-bond donors (Lipinski definition) is 1. The minimum absolute atomic E-state index is 0.0299. The van der Waals surface area contributed by atoms with Crippen molar-refractivity contribution < 1.29 is 14.3 Å². The van der Waals surface area contributed by atoms with Crippen molar-refractivity contribution in [3.63, 3.8) is 0 Å². The number of carbonyl (C=O) groups excluding carboxylic acids is 2. The van der Waals surface area contributed by atoms with Crippen molar-refractivity contribution in [1.29, 1.82) is 0 Å². The van der Waals surface area contributed by atoms with Crippen LogP contribution in [0.5, 0.6) is 5.75 Å². The van der Waals surface area contributed by atoms with E-state index in [-0.39, 0.29) is 12.5 Å². The number of rotatable bonds is 8. The van der Waals surface area contributed by atoms with Crippen LogP contribution in [0.1, 0.15) is 30.4 Å². The molecule has 1 aromatic carbocycles. The fraction of sp³-hybridized carbons (Fsp3) is 0.500. The van der Waals surface area contributed by atoms with Gasteiger partial charge in [-0.1, -0.05) is 12.1 Å². The third kappa shape index (κ3) is 6.29. The van der Waals surface area contributed by atoms with E-state index in [4.69, 9.17) is 10.5 Å². The highest BCUT2D eigenvalue weighted by Gasteiger charge is 2.10. The summed E-state index contributed by atoms with van der Waals surface area (Å²) in [7, 11) is 1.58. The minimum Gasteiger partial charge on any atom is -0.493 e. The number of carbonyl (C=O) groups is 2. The summed E-state index contributed by atoms with van der Waals surface area (Å²) in [5.74, 6) is 0.330. The van der Waals surface area contributed by atoms with E-state index in [1.807, 2.05) is 26.0 Å². The van der Waals surface area contributed by atoms with E-state index in [1.165, 1.54) is 10.5 Å². The summed E-state index contributed by atoms with van der Waals surface area (Å²) >= 11 is 0. The number of likely N-dealkylation sites (N-methyl/N-ethyl adjacent to an activating group) is 1. The maximum absolute atomic E-state index is 11.7. The zero-order valence-corrected chi connectivity index (χ0v) is 13.0. The molecule has 1 aromatic rings. The van der Waals surface area contributed by atoms with Gasteiger partial charge in [-0.2, -0.15) is 0 Å². The number of amides is 2. The predicted molar refractivity (Wildman–Crippen MR) is 82.1 cm³/mol. The van der Waals surface area contributed by atoms with Gasteiger partial charge in [0.05, 0.1) is 13.2 Å². The van der Waals surface area contributed by atoms with E-state index in [2.05, 4.69) is 6.07 Å². The summed E-state index contributed by atoms with van der Waals surface area (Å²) in [6.07, 6.45) is 1.93. The Morgan fingerprint density at radius 2 is 1.95 bits per heavy atom. The lowest BCUT2D eigenvalue weighted by molar-refractivity contribution is -0.133. The van der Waals surface area contributed by atoms with Crippen LogP contribution >= 0.6 is 0 Å². The summed E-state index contributed by atoms with van der Waals surface area (Å²) in [4.78, 5) is 23.8. The number of primary amides is 1. The lowest BCUT2D eigenvalue weighted by Crippen LogP contribution is -2.35. The Hall–Kier alpha value is -2.04. The molecule has 5 nitrogen and oxygen atoms in total. The number of nitrogens with zero attached hydrogens (tertiary/aromatic N) is 1. The highest BCUT2D eigenvalue weighted by atomic mass is 16.5. The van der Waals surface area contributed by atoms with E-state index in [1.54, 1.807) is 7.05 Å². The Labute approximate surface area is 126 Å². The van der Waals surface area contributed by atoms with E-state index >= 15 is 0 Å². The first-order valence-electron chi connectivity index (χ1n) is 7.12. The maximum Gasteiger partial charge on any atom is 0.237 e. The number of hydrogen-bond acceptors (Lipinski definition) is 3. The van der Waals surface area contributed by atoms with Crippen molar-refractivity contribution >= 4 is 11.8 Å². The molecule has 1 rings (SSSR count). The molecule has 0 aliphatic heterocycles. The molecule has 0 unspecified atom stereocenters. The minimum atomic E-state index is -0.496. The standard InChI is InChI=1S/C16H24N2O3/c1-12-7-8-13(2)14(10-12)21-9-5-4-6-16(20)18(3)11-15(17)19/h7-8,10H,4-6,9,11H2,1-3H3,(H2,17,19). The van der Waals surface area contributed by atoms with Gasteiger partial charge >= 0.3 is 0 Å². The molecule has 0 bridgehead atoms. The third-order valence-electron chi connectivity index (χ3n) is 3.20. The van der Waals surface area contributed by atoms with Gasteiger partial charge in [0, 0.05) is 13.5 Å².